The van der Waals surface area contributed by atoms with Gasteiger partial charge in [0, 0.05) is 4.91 Å². The quantitative estimate of drug-likeness (QED) is 0.527. The van der Waals surface area contributed by atoms with Crippen molar-refractivity contribution in [3.05, 3.63) is 23.6 Å². The van der Waals surface area contributed by atoms with E-state index in [1.807, 2.05) is 6.08 Å². The normalized spacial score (nSPS) is 11.5. The third kappa shape index (κ3) is 2.92. The molecule has 0 rings (SSSR count). The fourth-order valence-corrected chi connectivity index (χ4v) is 0.951. The van der Waals surface area contributed by atoms with E-state index in [1.165, 1.54) is 4.91 Å². The fourth-order valence-electron chi connectivity index (χ4n) is 0.451. The van der Waals surface area contributed by atoms with Crippen molar-refractivity contribution in [2.75, 3.05) is 6.26 Å². The minimum Gasteiger partial charge on any atom is -0.130 e. The average molecular weight is 128 g/mol. The van der Waals surface area contributed by atoms with Gasteiger partial charge < -0.3 is 0 Å². The van der Waals surface area contributed by atoms with Gasteiger partial charge in [0.2, 0.25) is 0 Å². The Hall–Kier alpha value is -0.170. The molecule has 0 radical (unpaired) electrons. The molecule has 8 heavy (non-hydrogen) atoms. The molecular formula is C7H12S. The van der Waals surface area contributed by atoms with Crippen LogP contribution in [0.25, 0.3) is 0 Å². The Balaban J connectivity index is 3.66. The smallest absolute Gasteiger partial charge is 0.00232 e. The van der Waals surface area contributed by atoms with E-state index in [2.05, 4.69) is 25.8 Å². The number of thioether (sulfide) groups is 1. The van der Waals surface area contributed by atoms with Gasteiger partial charge in [0.25, 0.3) is 0 Å². The molecule has 0 aromatic heterocycles. The molecule has 0 aliphatic carbocycles. The molecule has 0 aliphatic heterocycles. The summed E-state index contributed by atoms with van der Waals surface area (Å²) in [5.74, 6) is 0. The number of rotatable bonds is 3. The van der Waals surface area contributed by atoms with Gasteiger partial charge in [0.05, 0.1) is 0 Å². The standard InChI is InChI=1S/C7H12S/c1-4-6-7(5-2)8-3/h5-6H,2,4H2,1,3H3/b7-6-. The van der Waals surface area contributed by atoms with Crippen LogP contribution in [0, 0.1) is 0 Å². The first-order valence-corrected chi connectivity index (χ1v) is 3.94. The van der Waals surface area contributed by atoms with E-state index in [9.17, 15) is 0 Å². The molecule has 0 spiro atoms. The van der Waals surface area contributed by atoms with Gasteiger partial charge in [-0.1, -0.05) is 25.7 Å². The van der Waals surface area contributed by atoms with Crippen molar-refractivity contribution in [3.63, 3.8) is 0 Å². The molecule has 0 heterocycles. The molecule has 0 saturated carbocycles. The number of hydrogen-bond acceptors (Lipinski definition) is 1. The molecule has 0 aromatic rings. The summed E-state index contributed by atoms with van der Waals surface area (Å²) >= 11 is 1.74. The Morgan fingerprint density at radius 3 is 2.50 bits per heavy atom. The lowest BCUT2D eigenvalue weighted by molar-refractivity contribution is 1.22. The van der Waals surface area contributed by atoms with Crippen LogP contribution in [-0.4, -0.2) is 6.26 Å². The molecule has 0 nitrogen and oxygen atoms in total. The third-order valence-corrected chi connectivity index (χ3v) is 1.65. The summed E-state index contributed by atoms with van der Waals surface area (Å²) in [7, 11) is 0. The summed E-state index contributed by atoms with van der Waals surface area (Å²) in [6, 6.07) is 0. The van der Waals surface area contributed by atoms with Crippen molar-refractivity contribution in [2.24, 2.45) is 0 Å². The summed E-state index contributed by atoms with van der Waals surface area (Å²) in [5, 5.41) is 0. The molecular weight excluding hydrogens is 116 g/mol. The van der Waals surface area contributed by atoms with Gasteiger partial charge in [-0.25, -0.2) is 0 Å². The van der Waals surface area contributed by atoms with Crippen molar-refractivity contribution in [1.29, 1.82) is 0 Å². The Kier molecular flexibility index (Phi) is 4.87. The van der Waals surface area contributed by atoms with E-state index in [-0.39, 0.29) is 0 Å². The van der Waals surface area contributed by atoms with Crippen LogP contribution in [0.4, 0.5) is 0 Å². The van der Waals surface area contributed by atoms with Crippen LogP contribution in [0.1, 0.15) is 13.3 Å². The molecule has 0 bridgehead atoms. The molecule has 0 aliphatic rings. The maximum Gasteiger partial charge on any atom is 0.00232 e. The maximum atomic E-state index is 3.66. The Morgan fingerprint density at radius 2 is 2.38 bits per heavy atom. The molecule has 0 atom stereocenters. The van der Waals surface area contributed by atoms with E-state index in [1.54, 1.807) is 11.8 Å². The van der Waals surface area contributed by atoms with Crippen LogP contribution < -0.4 is 0 Å². The zero-order chi connectivity index (χ0) is 6.41. The zero-order valence-electron chi connectivity index (χ0n) is 5.48. The van der Waals surface area contributed by atoms with Crippen LogP contribution in [0.3, 0.4) is 0 Å². The second-order valence-corrected chi connectivity index (χ2v) is 2.30. The monoisotopic (exact) mass is 128 g/mol. The van der Waals surface area contributed by atoms with Gasteiger partial charge in [-0.05, 0) is 12.7 Å². The van der Waals surface area contributed by atoms with Crippen LogP contribution in [-0.2, 0) is 0 Å². The van der Waals surface area contributed by atoms with E-state index in [0.29, 0.717) is 0 Å². The Morgan fingerprint density at radius 1 is 1.75 bits per heavy atom. The average Bonchev–Trinajstić information content (AvgIpc) is 1.83. The Labute approximate surface area is 55.7 Å². The summed E-state index contributed by atoms with van der Waals surface area (Å²) in [4.78, 5) is 1.27. The first-order chi connectivity index (χ1) is 3.85. The molecule has 0 amide bonds. The molecule has 0 aromatic carbocycles. The predicted molar refractivity (Wildman–Crippen MR) is 42.1 cm³/mol. The summed E-state index contributed by atoms with van der Waals surface area (Å²) in [6.45, 7) is 5.79. The van der Waals surface area contributed by atoms with E-state index < -0.39 is 0 Å². The highest BCUT2D eigenvalue weighted by Gasteiger charge is 1.81. The van der Waals surface area contributed by atoms with Crippen LogP contribution in [0.5, 0.6) is 0 Å². The van der Waals surface area contributed by atoms with Crippen LogP contribution in [0.2, 0.25) is 0 Å². The highest BCUT2D eigenvalue weighted by Crippen LogP contribution is 2.11. The fraction of sp³-hybridized carbons (Fsp3) is 0.429. The van der Waals surface area contributed by atoms with Crippen molar-refractivity contribution in [2.45, 2.75) is 13.3 Å². The lowest BCUT2D eigenvalue weighted by Gasteiger charge is -1.90. The molecule has 0 N–H and O–H groups in total. The van der Waals surface area contributed by atoms with Crippen LogP contribution in [0.15, 0.2) is 23.6 Å². The predicted octanol–water partition coefficient (Wildman–Crippen LogP) is 2.83. The number of hydrogen-bond donors (Lipinski definition) is 0. The van der Waals surface area contributed by atoms with Crippen molar-refractivity contribution < 1.29 is 0 Å². The van der Waals surface area contributed by atoms with Gasteiger partial charge in [0.15, 0.2) is 0 Å². The van der Waals surface area contributed by atoms with Gasteiger partial charge in [-0.3, -0.25) is 0 Å². The maximum absolute atomic E-state index is 3.66. The molecule has 46 valence electrons. The molecule has 1 heteroatoms. The molecule has 0 unspecified atom stereocenters. The second-order valence-electron chi connectivity index (χ2n) is 1.42. The summed E-state index contributed by atoms with van der Waals surface area (Å²) in [6.07, 6.45) is 7.21. The first-order valence-electron chi connectivity index (χ1n) is 2.71. The highest BCUT2D eigenvalue weighted by molar-refractivity contribution is 8.02. The minimum atomic E-state index is 1.10. The van der Waals surface area contributed by atoms with Crippen molar-refractivity contribution in [3.8, 4) is 0 Å². The molecule has 0 saturated heterocycles. The summed E-state index contributed by atoms with van der Waals surface area (Å²) in [5.41, 5.74) is 0. The lowest BCUT2D eigenvalue weighted by Crippen LogP contribution is -1.64. The van der Waals surface area contributed by atoms with Crippen molar-refractivity contribution >= 4 is 11.8 Å². The first kappa shape index (κ1) is 7.83. The summed E-state index contributed by atoms with van der Waals surface area (Å²) < 4.78 is 0. The molecule has 0 fully saturated rings. The van der Waals surface area contributed by atoms with E-state index in [4.69, 9.17) is 0 Å². The topological polar surface area (TPSA) is 0 Å². The lowest BCUT2D eigenvalue weighted by atomic mass is 10.4. The van der Waals surface area contributed by atoms with Gasteiger partial charge in [-0.15, -0.1) is 11.8 Å². The largest absolute Gasteiger partial charge is 0.130 e. The highest BCUT2D eigenvalue weighted by atomic mass is 32.2. The second kappa shape index (κ2) is 4.98. The van der Waals surface area contributed by atoms with Gasteiger partial charge in [0.1, 0.15) is 0 Å². The van der Waals surface area contributed by atoms with E-state index >= 15 is 0 Å². The number of allylic oxidation sites excluding steroid dienone is 2. The SMILES string of the molecule is C=C/C(=C/CC)SC. The third-order valence-electron chi connectivity index (χ3n) is 0.842. The Bertz CT molecular complexity index is 92.6. The van der Waals surface area contributed by atoms with Crippen LogP contribution >= 0.6 is 11.8 Å². The minimum absolute atomic E-state index is 1.10. The van der Waals surface area contributed by atoms with Gasteiger partial charge >= 0.3 is 0 Å². The van der Waals surface area contributed by atoms with Gasteiger partial charge in [-0.2, -0.15) is 0 Å². The zero-order valence-corrected chi connectivity index (χ0v) is 6.29. The van der Waals surface area contributed by atoms with Crippen molar-refractivity contribution in [1.82, 2.24) is 0 Å². The van der Waals surface area contributed by atoms with E-state index in [0.717, 1.165) is 6.42 Å².